The molecular formula is C14H13FO3S. The normalized spacial score (nSPS) is 11.3. The maximum absolute atomic E-state index is 13.0. The van der Waals surface area contributed by atoms with E-state index in [0.29, 0.717) is 11.3 Å². The van der Waals surface area contributed by atoms with Crippen LogP contribution in [0.1, 0.15) is 5.56 Å². The van der Waals surface area contributed by atoms with E-state index in [2.05, 4.69) is 0 Å². The van der Waals surface area contributed by atoms with Gasteiger partial charge in [-0.15, -0.1) is 0 Å². The molecule has 0 spiro atoms. The molecule has 3 nitrogen and oxygen atoms in total. The first kappa shape index (κ1) is 13.5. The molecular weight excluding hydrogens is 267 g/mol. The Kier molecular flexibility index (Phi) is 3.85. The van der Waals surface area contributed by atoms with Crippen molar-refractivity contribution < 1.29 is 17.5 Å². The summed E-state index contributed by atoms with van der Waals surface area (Å²) in [6.45, 7) is 0.232. The minimum atomic E-state index is -3.20. The number of sulfone groups is 1. The van der Waals surface area contributed by atoms with Gasteiger partial charge in [-0.05, 0) is 42.0 Å². The van der Waals surface area contributed by atoms with Crippen LogP contribution in [-0.2, 0) is 16.4 Å². The highest BCUT2D eigenvalue weighted by atomic mass is 32.2. The van der Waals surface area contributed by atoms with Crippen molar-refractivity contribution >= 4 is 9.84 Å². The lowest BCUT2D eigenvalue weighted by molar-refractivity contribution is 0.305. The van der Waals surface area contributed by atoms with E-state index in [0.717, 1.165) is 6.26 Å². The zero-order valence-corrected chi connectivity index (χ0v) is 11.2. The molecule has 0 saturated carbocycles. The first-order valence-corrected chi connectivity index (χ1v) is 7.52. The van der Waals surface area contributed by atoms with E-state index in [1.54, 1.807) is 24.3 Å². The minimum Gasteiger partial charge on any atom is -0.489 e. The van der Waals surface area contributed by atoms with Crippen LogP contribution in [0.25, 0.3) is 0 Å². The summed E-state index contributed by atoms with van der Waals surface area (Å²) in [5.41, 5.74) is 0.715. The third-order valence-electron chi connectivity index (χ3n) is 2.55. The zero-order valence-electron chi connectivity index (χ0n) is 10.3. The highest BCUT2D eigenvalue weighted by molar-refractivity contribution is 7.90. The lowest BCUT2D eigenvalue weighted by Gasteiger charge is -2.07. The van der Waals surface area contributed by atoms with Gasteiger partial charge in [-0.3, -0.25) is 0 Å². The predicted molar refractivity (Wildman–Crippen MR) is 70.3 cm³/mol. The summed E-state index contributed by atoms with van der Waals surface area (Å²) in [6.07, 6.45) is 1.15. The van der Waals surface area contributed by atoms with Crippen LogP contribution in [0, 0.1) is 5.82 Å². The SMILES string of the molecule is CS(=O)(=O)c1ccc(OCc2cccc(F)c2)cc1. The molecule has 0 saturated heterocycles. The highest BCUT2D eigenvalue weighted by Crippen LogP contribution is 2.17. The second kappa shape index (κ2) is 5.40. The average Bonchev–Trinajstić information content (AvgIpc) is 2.36. The summed E-state index contributed by atoms with van der Waals surface area (Å²) in [5, 5.41) is 0. The van der Waals surface area contributed by atoms with Crippen LogP contribution >= 0.6 is 0 Å². The molecule has 2 aromatic rings. The van der Waals surface area contributed by atoms with E-state index in [1.165, 1.54) is 24.3 Å². The van der Waals surface area contributed by atoms with E-state index < -0.39 is 9.84 Å². The van der Waals surface area contributed by atoms with Crippen LogP contribution < -0.4 is 4.74 Å². The fraction of sp³-hybridized carbons (Fsp3) is 0.143. The molecule has 19 heavy (non-hydrogen) atoms. The summed E-state index contributed by atoms with van der Waals surface area (Å²) in [5.74, 6) is 0.227. The molecule has 0 aliphatic heterocycles. The van der Waals surface area contributed by atoms with Crippen LogP contribution in [0.5, 0.6) is 5.75 Å². The van der Waals surface area contributed by atoms with Crippen LogP contribution in [0.3, 0.4) is 0 Å². The van der Waals surface area contributed by atoms with Crippen molar-refractivity contribution in [2.45, 2.75) is 11.5 Å². The third-order valence-corrected chi connectivity index (χ3v) is 3.67. The van der Waals surface area contributed by atoms with E-state index in [4.69, 9.17) is 4.74 Å². The second-order valence-electron chi connectivity index (χ2n) is 4.16. The molecule has 0 atom stereocenters. The van der Waals surface area contributed by atoms with Crippen molar-refractivity contribution in [1.29, 1.82) is 0 Å². The molecule has 0 unspecified atom stereocenters. The second-order valence-corrected chi connectivity index (χ2v) is 6.18. The van der Waals surface area contributed by atoms with Crippen molar-refractivity contribution in [2.24, 2.45) is 0 Å². The first-order valence-electron chi connectivity index (χ1n) is 5.62. The van der Waals surface area contributed by atoms with E-state index in [-0.39, 0.29) is 17.3 Å². The monoisotopic (exact) mass is 280 g/mol. The van der Waals surface area contributed by atoms with Crippen LogP contribution in [0.2, 0.25) is 0 Å². The molecule has 0 bridgehead atoms. The Morgan fingerprint density at radius 1 is 1.11 bits per heavy atom. The van der Waals surface area contributed by atoms with Gasteiger partial charge in [0.15, 0.2) is 9.84 Å². The Morgan fingerprint density at radius 2 is 1.79 bits per heavy atom. The fourth-order valence-electron chi connectivity index (χ4n) is 1.58. The third kappa shape index (κ3) is 3.79. The summed E-state index contributed by atoms with van der Waals surface area (Å²) < 4.78 is 41.0. The van der Waals surface area contributed by atoms with Gasteiger partial charge in [0, 0.05) is 6.26 Å². The molecule has 5 heteroatoms. The number of ether oxygens (including phenoxy) is 1. The Bertz CT molecular complexity index is 663. The maximum Gasteiger partial charge on any atom is 0.175 e. The zero-order chi connectivity index (χ0) is 13.9. The lowest BCUT2D eigenvalue weighted by atomic mass is 10.2. The minimum absolute atomic E-state index is 0.232. The number of rotatable bonds is 4. The first-order chi connectivity index (χ1) is 8.95. The van der Waals surface area contributed by atoms with Gasteiger partial charge in [0.25, 0.3) is 0 Å². The van der Waals surface area contributed by atoms with Gasteiger partial charge < -0.3 is 4.74 Å². The fourth-order valence-corrected chi connectivity index (χ4v) is 2.21. The van der Waals surface area contributed by atoms with Crippen molar-refractivity contribution in [3.05, 3.63) is 59.9 Å². The molecule has 100 valence electrons. The van der Waals surface area contributed by atoms with Gasteiger partial charge in [-0.1, -0.05) is 12.1 Å². The Morgan fingerprint density at radius 3 is 2.37 bits per heavy atom. The molecule has 0 amide bonds. The van der Waals surface area contributed by atoms with Crippen LogP contribution in [-0.4, -0.2) is 14.7 Å². The number of halogens is 1. The molecule has 0 radical (unpaired) electrons. The lowest BCUT2D eigenvalue weighted by Crippen LogP contribution is -1.98. The van der Waals surface area contributed by atoms with Crippen LogP contribution in [0.15, 0.2) is 53.4 Å². The topological polar surface area (TPSA) is 43.4 Å². The summed E-state index contributed by atoms with van der Waals surface area (Å²) >= 11 is 0. The summed E-state index contributed by atoms with van der Waals surface area (Å²) in [6, 6.07) is 12.3. The molecule has 2 rings (SSSR count). The Hall–Kier alpha value is -1.88. The van der Waals surface area contributed by atoms with Crippen molar-refractivity contribution in [3.8, 4) is 5.75 Å². The van der Waals surface area contributed by atoms with E-state index in [9.17, 15) is 12.8 Å². The largest absolute Gasteiger partial charge is 0.489 e. The van der Waals surface area contributed by atoms with Crippen molar-refractivity contribution in [2.75, 3.05) is 6.26 Å². The smallest absolute Gasteiger partial charge is 0.175 e. The van der Waals surface area contributed by atoms with E-state index in [1.807, 2.05) is 0 Å². The molecule has 0 fully saturated rings. The molecule has 0 N–H and O–H groups in total. The van der Waals surface area contributed by atoms with Gasteiger partial charge in [-0.2, -0.15) is 0 Å². The highest BCUT2D eigenvalue weighted by Gasteiger charge is 2.06. The summed E-state index contributed by atoms with van der Waals surface area (Å²) in [7, 11) is -3.20. The molecule has 0 aromatic heterocycles. The molecule has 2 aromatic carbocycles. The van der Waals surface area contributed by atoms with Gasteiger partial charge in [0.1, 0.15) is 18.2 Å². The molecule has 0 aliphatic rings. The summed E-state index contributed by atoms with van der Waals surface area (Å²) in [4.78, 5) is 0.241. The quantitative estimate of drug-likeness (QED) is 0.865. The van der Waals surface area contributed by atoms with E-state index >= 15 is 0 Å². The molecule has 0 aliphatic carbocycles. The van der Waals surface area contributed by atoms with Gasteiger partial charge in [0.05, 0.1) is 4.90 Å². The van der Waals surface area contributed by atoms with Crippen LogP contribution in [0.4, 0.5) is 4.39 Å². The number of benzene rings is 2. The molecule has 0 heterocycles. The predicted octanol–water partition coefficient (Wildman–Crippen LogP) is 2.81. The maximum atomic E-state index is 13.0. The Balaban J connectivity index is 2.05. The van der Waals surface area contributed by atoms with Crippen molar-refractivity contribution in [3.63, 3.8) is 0 Å². The van der Waals surface area contributed by atoms with Gasteiger partial charge in [-0.25, -0.2) is 12.8 Å². The number of hydrogen-bond donors (Lipinski definition) is 0. The van der Waals surface area contributed by atoms with Gasteiger partial charge >= 0.3 is 0 Å². The average molecular weight is 280 g/mol. The number of hydrogen-bond acceptors (Lipinski definition) is 3. The van der Waals surface area contributed by atoms with Crippen molar-refractivity contribution in [1.82, 2.24) is 0 Å². The Labute approximate surface area is 111 Å². The van der Waals surface area contributed by atoms with Gasteiger partial charge in [0.2, 0.25) is 0 Å². The standard InChI is InChI=1S/C14H13FO3S/c1-19(16,17)14-7-5-13(6-8-14)18-10-11-3-2-4-12(15)9-11/h2-9H,10H2,1H3.